The molecule has 0 aliphatic rings. The van der Waals surface area contributed by atoms with E-state index >= 15 is 0 Å². The summed E-state index contributed by atoms with van der Waals surface area (Å²) in [7, 11) is 2.09. The van der Waals surface area contributed by atoms with Gasteiger partial charge in [0.25, 0.3) is 0 Å². The van der Waals surface area contributed by atoms with Gasteiger partial charge >= 0.3 is 0 Å². The highest BCUT2D eigenvalue weighted by molar-refractivity contribution is 5.58. The fourth-order valence-corrected chi connectivity index (χ4v) is 2.41. The quantitative estimate of drug-likeness (QED) is 0.748. The third-order valence-electron chi connectivity index (χ3n) is 3.93. The zero-order valence-electron chi connectivity index (χ0n) is 15.2. The van der Waals surface area contributed by atoms with Gasteiger partial charge in [-0.1, -0.05) is 41.5 Å². The van der Waals surface area contributed by atoms with Crippen LogP contribution in [0.4, 0.5) is 0 Å². The number of aryl methyl sites for hydroxylation is 2. The van der Waals surface area contributed by atoms with Crippen molar-refractivity contribution in [1.29, 1.82) is 0 Å². The van der Waals surface area contributed by atoms with Crippen molar-refractivity contribution < 1.29 is 4.57 Å². The van der Waals surface area contributed by atoms with Gasteiger partial charge in [-0.25, -0.2) is 14.5 Å². The number of pyridine rings is 1. The third kappa shape index (κ3) is 3.34. The predicted octanol–water partition coefficient (Wildman–Crippen LogP) is 3.87. The van der Waals surface area contributed by atoms with Crippen molar-refractivity contribution in [3.63, 3.8) is 0 Å². The molecule has 0 aliphatic carbocycles. The third-order valence-corrected chi connectivity index (χ3v) is 3.93. The van der Waals surface area contributed by atoms with Gasteiger partial charge in [0.1, 0.15) is 12.9 Å². The Morgan fingerprint density at radius 3 is 2.05 bits per heavy atom. The van der Waals surface area contributed by atoms with Crippen LogP contribution in [-0.4, -0.2) is 9.97 Å². The van der Waals surface area contributed by atoms with E-state index in [0.29, 0.717) is 0 Å². The highest BCUT2D eigenvalue weighted by Gasteiger charge is 2.22. The maximum absolute atomic E-state index is 4.71. The average molecular weight is 298 g/mol. The minimum atomic E-state index is -0.0262. The van der Waals surface area contributed by atoms with Crippen LogP contribution in [0.25, 0.3) is 11.3 Å². The van der Waals surface area contributed by atoms with Gasteiger partial charge < -0.3 is 0 Å². The van der Waals surface area contributed by atoms with Gasteiger partial charge in [0.05, 0.1) is 11.3 Å². The fourth-order valence-electron chi connectivity index (χ4n) is 2.41. The van der Waals surface area contributed by atoms with Gasteiger partial charge in [0, 0.05) is 23.2 Å². The number of hydrogen-bond donors (Lipinski definition) is 0. The van der Waals surface area contributed by atoms with E-state index in [1.54, 1.807) is 0 Å². The summed E-state index contributed by atoms with van der Waals surface area (Å²) in [6, 6.07) is 4.37. The molecule has 0 unspecified atom stereocenters. The lowest BCUT2D eigenvalue weighted by Gasteiger charge is -2.18. The molecule has 0 aliphatic heterocycles. The summed E-state index contributed by atoms with van der Waals surface area (Å²) in [6.07, 6.45) is 4.15. The van der Waals surface area contributed by atoms with Crippen LogP contribution in [0.5, 0.6) is 0 Å². The summed E-state index contributed by atoms with van der Waals surface area (Å²) in [5.74, 6) is 0.891. The van der Waals surface area contributed by atoms with Crippen molar-refractivity contribution in [1.82, 2.24) is 9.97 Å². The van der Waals surface area contributed by atoms with E-state index < -0.39 is 0 Å². The molecule has 0 fully saturated rings. The first kappa shape index (κ1) is 16.6. The second kappa shape index (κ2) is 5.45. The second-order valence-corrected chi connectivity index (χ2v) is 8.11. The molecule has 22 heavy (non-hydrogen) atoms. The maximum atomic E-state index is 4.71. The van der Waals surface area contributed by atoms with Crippen LogP contribution < -0.4 is 4.57 Å². The van der Waals surface area contributed by atoms with Crippen molar-refractivity contribution in [3.05, 3.63) is 41.6 Å². The molecule has 0 bridgehead atoms. The molecule has 0 amide bonds. The topological polar surface area (TPSA) is 29.7 Å². The summed E-state index contributed by atoms with van der Waals surface area (Å²) in [4.78, 5) is 9.28. The summed E-state index contributed by atoms with van der Waals surface area (Å²) >= 11 is 0. The molecule has 118 valence electrons. The molecule has 0 radical (unpaired) electrons. The Labute approximate surface area is 134 Å². The monoisotopic (exact) mass is 298 g/mol. The molecule has 3 heteroatoms. The van der Waals surface area contributed by atoms with Crippen molar-refractivity contribution >= 4 is 0 Å². The SMILES string of the molecule is Cc1nc(C(C)(C)C)ncc1-c1ccc(C(C)(C)C)c[n+]1C. The number of rotatable bonds is 1. The molecule has 2 heterocycles. The van der Waals surface area contributed by atoms with Crippen molar-refractivity contribution in [2.45, 2.75) is 59.3 Å². The van der Waals surface area contributed by atoms with Crippen LogP contribution in [0.15, 0.2) is 24.5 Å². The van der Waals surface area contributed by atoms with E-state index in [4.69, 9.17) is 4.98 Å². The molecule has 0 spiro atoms. The number of hydrogen-bond acceptors (Lipinski definition) is 2. The van der Waals surface area contributed by atoms with Gasteiger partial charge in [0.2, 0.25) is 5.69 Å². The van der Waals surface area contributed by atoms with Crippen LogP contribution in [0.3, 0.4) is 0 Å². The number of aromatic nitrogens is 3. The van der Waals surface area contributed by atoms with Gasteiger partial charge in [0.15, 0.2) is 6.20 Å². The lowest BCUT2D eigenvalue weighted by Crippen LogP contribution is -2.33. The lowest BCUT2D eigenvalue weighted by molar-refractivity contribution is -0.661. The zero-order chi connectivity index (χ0) is 16.7. The zero-order valence-corrected chi connectivity index (χ0v) is 15.2. The minimum absolute atomic E-state index is 0.0262. The largest absolute Gasteiger partial charge is 0.240 e. The summed E-state index contributed by atoms with van der Waals surface area (Å²) in [5, 5.41) is 0. The smallest absolute Gasteiger partial charge is 0.215 e. The van der Waals surface area contributed by atoms with Crippen molar-refractivity contribution in [2.24, 2.45) is 7.05 Å². The maximum Gasteiger partial charge on any atom is 0.215 e. The molecule has 0 saturated carbocycles. The highest BCUT2D eigenvalue weighted by Crippen LogP contribution is 2.25. The average Bonchev–Trinajstić information content (AvgIpc) is 2.37. The lowest BCUT2D eigenvalue weighted by atomic mass is 9.88. The first-order chi connectivity index (χ1) is 10.00. The Balaban J connectivity index is 2.49. The molecular formula is C19H28N3+. The second-order valence-electron chi connectivity index (χ2n) is 8.11. The Kier molecular flexibility index (Phi) is 4.12. The van der Waals surface area contributed by atoms with Gasteiger partial charge in [-0.15, -0.1) is 0 Å². The van der Waals surface area contributed by atoms with Crippen LogP contribution in [0, 0.1) is 6.92 Å². The molecular weight excluding hydrogens is 270 g/mol. The molecule has 0 aromatic carbocycles. The molecule has 3 nitrogen and oxygen atoms in total. The van der Waals surface area contributed by atoms with Crippen LogP contribution in [0.2, 0.25) is 0 Å². The van der Waals surface area contributed by atoms with Gasteiger partial charge in [-0.05, 0) is 18.4 Å². The van der Waals surface area contributed by atoms with Crippen molar-refractivity contribution in [3.8, 4) is 11.3 Å². The highest BCUT2D eigenvalue weighted by atomic mass is 14.9. The van der Waals surface area contributed by atoms with Gasteiger partial charge in [-0.3, -0.25) is 0 Å². The Hall–Kier alpha value is -1.77. The Morgan fingerprint density at radius 2 is 1.59 bits per heavy atom. The van der Waals surface area contributed by atoms with Crippen LogP contribution in [-0.2, 0) is 17.9 Å². The molecule has 0 atom stereocenters. The molecule has 2 aromatic heterocycles. The van der Waals surface area contributed by atoms with E-state index in [9.17, 15) is 0 Å². The first-order valence-electron chi connectivity index (χ1n) is 7.85. The molecule has 0 N–H and O–H groups in total. The van der Waals surface area contributed by atoms with Crippen LogP contribution >= 0.6 is 0 Å². The first-order valence-corrected chi connectivity index (χ1v) is 7.85. The fraction of sp³-hybridized carbons (Fsp3) is 0.526. The van der Waals surface area contributed by atoms with Crippen LogP contribution in [0.1, 0.15) is 58.6 Å². The number of nitrogens with zero attached hydrogens (tertiary/aromatic N) is 3. The summed E-state index contributed by atoms with van der Waals surface area (Å²) < 4.78 is 2.17. The molecule has 2 rings (SSSR count). The van der Waals surface area contributed by atoms with E-state index in [2.05, 4.69) is 83.4 Å². The standard InChI is InChI=1S/C19H28N3/c1-13-15(11-20-17(21-13)19(5,6)7)16-10-9-14(12-22(16)8)18(2,3)4/h9-12H,1-8H3/q+1. The van der Waals surface area contributed by atoms with E-state index in [-0.39, 0.29) is 10.8 Å². The minimum Gasteiger partial charge on any atom is -0.240 e. The summed E-state index contributed by atoms with van der Waals surface area (Å²) in [5.41, 5.74) is 4.71. The van der Waals surface area contributed by atoms with E-state index in [0.717, 1.165) is 22.8 Å². The predicted molar refractivity (Wildman–Crippen MR) is 90.8 cm³/mol. The summed E-state index contributed by atoms with van der Waals surface area (Å²) in [6.45, 7) is 15.2. The van der Waals surface area contributed by atoms with Gasteiger partial charge in [-0.2, -0.15) is 0 Å². The van der Waals surface area contributed by atoms with E-state index in [1.807, 2.05) is 6.20 Å². The molecule has 2 aromatic rings. The van der Waals surface area contributed by atoms with Crippen molar-refractivity contribution in [2.75, 3.05) is 0 Å². The normalized spacial score (nSPS) is 12.5. The van der Waals surface area contributed by atoms with E-state index in [1.165, 1.54) is 5.56 Å². The Morgan fingerprint density at radius 1 is 0.955 bits per heavy atom. The Bertz CT molecular complexity index is 627. The molecule has 0 saturated heterocycles.